The molecule has 54 valence electrons. The predicted octanol–water partition coefficient (Wildman–Crippen LogP) is 0.944. The Morgan fingerprint density at radius 1 is 1.50 bits per heavy atom. The van der Waals surface area contributed by atoms with Crippen LogP contribution < -0.4 is 10.9 Å². The van der Waals surface area contributed by atoms with Crippen LogP contribution in [-0.4, -0.2) is 6.54 Å². The SMILES string of the molecule is C1=CCC2CCNNC2=C1. The van der Waals surface area contributed by atoms with E-state index in [-0.39, 0.29) is 0 Å². The van der Waals surface area contributed by atoms with E-state index in [1.165, 1.54) is 18.5 Å². The molecule has 2 nitrogen and oxygen atoms in total. The lowest BCUT2D eigenvalue weighted by Crippen LogP contribution is -2.41. The molecule has 1 aliphatic carbocycles. The number of hydrogen-bond acceptors (Lipinski definition) is 2. The maximum absolute atomic E-state index is 3.18. The van der Waals surface area contributed by atoms with Gasteiger partial charge in [0.2, 0.25) is 0 Å². The first-order chi connectivity index (χ1) is 4.97. The number of rotatable bonds is 0. The smallest absolute Gasteiger partial charge is 0.0296 e. The van der Waals surface area contributed by atoms with Gasteiger partial charge in [-0.25, -0.2) is 5.43 Å². The third-order valence-corrected chi connectivity index (χ3v) is 2.12. The largest absolute Gasteiger partial charge is 0.325 e. The zero-order chi connectivity index (χ0) is 6.81. The fraction of sp³-hybridized carbons (Fsp3) is 0.500. The average Bonchev–Trinajstić information content (AvgIpc) is 2.05. The fourth-order valence-electron chi connectivity index (χ4n) is 1.51. The number of nitrogens with one attached hydrogen (secondary N) is 2. The molecule has 0 radical (unpaired) electrons. The molecule has 1 heterocycles. The van der Waals surface area contributed by atoms with E-state index in [0.717, 1.165) is 12.5 Å². The normalized spacial score (nSPS) is 30.4. The third kappa shape index (κ3) is 0.948. The quantitative estimate of drug-likeness (QED) is 0.518. The van der Waals surface area contributed by atoms with E-state index in [4.69, 9.17) is 0 Å². The Hall–Kier alpha value is -0.760. The van der Waals surface area contributed by atoms with Crippen molar-refractivity contribution in [1.29, 1.82) is 0 Å². The molecule has 0 aromatic rings. The van der Waals surface area contributed by atoms with Crippen molar-refractivity contribution in [2.75, 3.05) is 6.54 Å². The third-order valence-electron chi connectivity index (χ3n) is 2.12. The lowest BCUT2D eigenvalue weighted by molar-refractivity contribution is 0.398. The standard InChI is InChI=1S/C8H12N2/c1-2-4-8-7(3-1)5-6-9-10-8/h1-2,4,7,9-10H,3,5-6H2. The summed E-state index contributed by atoms with van der Waals surface area (Å²) in [5.41, 5.74) is 7.67. The second kappa shape index (κ2) is 2.46. The summed E-state index contributed by atoms with van der Waals surface area (Å²) in [5.74, 6) is 0.756. The van der Waals surface area contributed by atoms with Gasteiger partial charge < -0.3 is 5.43 Å². The number of hydrazine groups is 1. The number of hydrogen-bond donors (Lipinski definition) is 2. The van der Waals surface area contributed by atoms with Crippen molar-refractivity contribution in [3.8, 4) is 0 Å². The van der Waals surface area contributed by atoms with Crippen molar-refractivity contribution >= 4 is 0 Å². The molecule has 0 spiro atoms. The highest BCUT2D eigenvalue weighted by Gasteiger charge is 2.17. The summed E-state index contributed by atoms with van der Waals surface area (Å²) in [7, 11) is 0. The van der Waals surface area contributed by atoms with E-state index < -0.39 is 0 Å². The molecule has 0 saturated carbocycles. The molecule has 2 aliphatic rings. The van der Waals surface area contributed by atoms with E-state index in [9.17, 15) is 0 Å². The zero-order valence-electron chi connectivity index (χ0n) is 5.93. The lowest BCUT2D eigenvalue weighted by Gasteiger charge is -2.28. The molecular weight excluding hydrogens is 124 g/mol. The predicted molar refractivity (Wildman–Crippen MR) is 41.1 cm³/mol. The number of allylic oxidation sites excluding steroid dienone is 4. The minimum Gasteiger partial charge on any atom is -0.325 e. The van der Waals surface area contributed by atoms with Crippen LogP contribution in [-0.2, 0) is 0 Å². The molecule has 1 atom stereocenters. The highest BCUT2D eigenvalue weighted by atomic mass is 15.4. The Labute approximate surface area is 61.0 Å². The summed E-state index contributed by atoms with van der Waals surface area (Å²) in [6.45, 7) is 1.09. The van der Waals surface area contributed by atoms with Gasteiger partial charge in [-0.15, -0.1) is 0 Å². The van der Waals surface area contributed by atoms with E-state index in [2.05, 4.69) is 29.1 Å². The number of fused-ring (bicyclic) bond motifs is 1. The molecule has 2 heteroatoms. The fourth-order valence-corrected chi connectivity index (χ4v) is 1.51. The van der Waals surface area contributed by atoms with Crippen LogP contribution in [0.5, 0.6) is 0 Å². The van der Waals surface area contributed by atoms with Crippen LogP contribution in [0.25, 0.3) is 0 Å². The molecule has 0 aromatic carbocycles. The maximum Gasteiger partial charge on any atom is 0.0296 e. The van der Waals surface area contributed by atoms with Gasteiger partial charge in [0.25, 0.3) is 0 Å². The topological polar surface area (TPSA) is 24.1 Å². The molecule has 1 fully saturated rings. The summed E-state index contributed by atoms with van der Waals surface area (Å²) in [4.78, 5) is 0. The molecule has 0 aromatic heterocycles. The van der Waals surface area contributed by atoms with Crippen molar-refractivity contribution in [2.24, 2.45) is 5.92 Å². The van der Waals surface area contributed by atoms with Gasteiger partial charge in [0.1, 0.15) is 0 Å². The van der Waals surface area contributed by atoms with Crippen molar-refractivity contribution in [3.63, 3.8) is 0 Å². The van der Waals surface area contributed by atoms with Crippen LogP contribution in [0, 0.1) is 5.92 Å². The summed E-state index contributed by atoms with van der Waals surface area (Å²) in [6.07, 6.45) is 8.98. The van der Waals surface area contributed by atoms with Gasteiger partial charge in [0.15, 0.2) is 0 Å². The Balaban J connectivity index is 2.14. The monoisotopic (exact) mass is 136 g/mol. The first-order valence-corrected chi connectivity index (χ1v) is 3.82. The van der Waals surface area contributed by atoms with Gasteiger partial charge in [-0.05, 0) is 18.9 Å². The van der Waals surface area contributed by atoms with Crippen molar-refractivity contribution in [1.82, 2.24) is 10.9 Å². The van der Waals surface area contributed by atoms with Crippen LogP contribution in [0.2, 0.25) is 0 Å². The van der Waals surface area contributed by atoms with Crippen molar-refractivity contribution in [2.45, 2.75) is 12.8 Å². The second-order valence-electron chi connectivity index (χ2n) is 2.82. The average molecular weight is 136 g/mol. The first kappa shape index (κ1) is 5.98. The molecule has 0 amide bonds. The second-order valence-corrected chi connectivity index (χ2v) is 2.82. The van der Waals surface area contributed by atoms with Gasteiger partial charge in [-0.1, -0.05) is 12.2 Å². The molecular formula is C8H12N2. The Morgan fingerprint density at radius 2 is 2.50 bits per heavy atom. The zero-order valence-corrected chi connectivity index (χ0v) is 5.93. The molecule has 2 rings (SSSR count). The molecule has 1 saturated heterocycles. The summed E-state index contributed by atoms with van der Waals surface area (Å²) in [6, 6.07) is 0. The van der Waals surface area contributed by atoms with Crippen LogP contribution in [0.15, 0.2) is 23.9 Å². The van der Waals surface area contributed by atoms with Gasteiger partial charge >= 0.3 is 0 Å². The van der Waals surface area contributed by atoms with Crippen molar-refractivity contribution < 1.29 is 0 Å². The van der Waals surface area contributed by atoms with Gasteiger partial charge in [0, 0.05) is 18.2 Å². The van der Waals surface area contributed by atoms with Crippen LogP contribution in [0.3, 0.4) is 0 Å². The van der Waals surface area contributed by atoms with E-state index in [0.29, 0.717) is 0 Å². The molecule has 10 heavy (non-hydrogen) atoms. The van der Waals surface area contributed by atoms with Crippen LogP contribution in [0.1, 0.15) is 12.8 Å². The van der Waals surface area contributed by atoms with Crippen molar-refractivity contribution in [3.05, 3.63) is 23.9 Å². The molecule has 0 bridgehead atoms. The highest BCUT2D eigenvalue weighted by Crippen LogP contribution is 2.22. The molecule has 2 N–H and O–H groups in total. The maximum atomic E-state index is 3.18. The lowest BCUT2D eigenvalue weighted by atomic mass is 9.93. The first-order valence-electron chi connectivity index (χ1n) is 3.82. The minimum absolute atomic E-state index is 0.756. The molecule has 1 unspecified atom stereocenters. The van der Waals surface area contributed by atoms with Gasteiger partial charge in [-0.2, -0.15) is 0 Å². The van der Waals surface area contributed by atoms with Gasteiger partial charge in [-0.3, -0.25) is 0 Å². The van der Waals surface area contributed by atoms with Gasteiger partial charge in [0.05, 0.1) is 0 Å². The highest BCUT2D eigenvalue weighted by molar-refractivity contribution is 5.20. The van der Waals surface area contributed by atoms with E-state index in [1.807, 2.05) is 0 Å². The summed E-state index contributed by atoms with van der Waals surface area (Å²) >= 11 is 0. The van der Waals surface area contributed by atoms with Crippen LogP contribution in [0.4, 0.5) is 0 Å². The Morgan fingerprint density at radius 3 is 3.40 bits per heavy atom. The van der Waals surface area contributed by atoms with E-state index >= 15 is 0 Å². The summed E-state index contributed by atoms with van der Waals surface area (Å²) < 4.78 is 0. The van der Waals surface area contributed by atoms with E-state index in [1.54, 1.807) is 0 Å². The molecule has 1 aliphatic heterocycles. The minimum atomic E-state index is 0.756. The Kier molecular flexibility index (Phi) is 1.47. The van der Waals surface area contributed by atoms with Crippen LogP contribution >= 0.6 is 0 Å². The Bertz CT molecular complexity index is 182. The summed E-state index contributed by atoms with van der Waals surface area (Å²) in [5, 5.41) is 0.